The minimum Gasteiger partial charge on any atom is -0.478 e. The predicted molar refractivity (Wildman–Crippen MR) is 123 cm³/mol. The summed E-state index contributed by atoms with van der Waals surface area (Å²) in [6.07, 6.45) is 0. The normalized spacial score (nSPS) is 10.9. The number of carboxylic acid groups (broad SMARTS) is 1. The monoisotopic (exact) mass is 420 g/mol. The molecule has 0 saturated carbocycles. The van der Waals surface area contributed by atoms with Gasteiger partial charge in [0.1, 0.15) is 5.82 Å². The van der Waals surface area contributed by atoms with Gasteiger partial charge >= 0.3 is 5.97 Å². The second-order valence-corrected chi connectivity index (χ2v) is 7.38. The predicted octanol–water partition coefficient (Wildman–Crippen LogP) is 6.47. The van der Waals surface area contributed by atoms with Gasteiger partial charge in [-0.25, -0.2) is 19.2 Å². The van der Waals surface area contributed by atoms with E-state index in [9.17, 15) is 14.3 Å². The molecule has 0 atom stereocenters. The van der Waals surface area contributed by atoms with Crippen LogP contribution in [0.25, 0.3) is 44.7 Å². The number of nitrogens with zero attached hydrogens (tertiary/aromatic N) is 2. The van der Waals surface area contributed by atoms with Crippen molar-refractivity contribution in [3.63, 3.8) is 0 Å². The number of hydrogen-bond acceptors (Lipinski definition) is 3. The third-order valence-electron chi connectivity index (χ3n) is 5.29. The molecule has 1 heterocycles. The summed E-state index contributed by atoms with van der Waals surface area (Å²) in [4.78, 5) is 20.9. The lowest BCUT2D eigenvalue weighted by Crippen LogP contribution is -1.99. The molecule has 5 heteroatoms. The second-order valence-electron chi connectivity index (χ2n) is 7.38. The Morgan fingerprint density at radius 2 is 1.16 bits per heavy atom. The molecule has 0 aliphatic carbocycles. The van der Waals surface area contributed by atoms with Crippen LogP contribution in [0.3, 0.4) is 0 Å². The van der Waals surface area contributed by atoms with Crippen molar-refractivity contribution in [2.75, 3.05) is 0 Å². The quantitative estimate of drug-likeness (QED) is 0.362. The Hall–Kier alpha value is -4.38. The number of carboxylic acids is 1. The van der Waals surface area contributed by atoms with Gasteiger partial charge in [0.25, 0.3) is 0 Å². The summed E-state index contributed by atoms with van der Waals surface area (Å²) in [7, 11) is 0. The van der Waals surface area contributed by atoms with Crippen molar-refractivity contribution in [2.45, 2.75) is 0 Å². The van der Waals surface area contributed by atoms with E-state index >= 15 is 0 Å². The van der Waals surface area contributed by atoms with Gasteiger partial charge in [-0.3, -0.25) is 0 Å². The summed E-state index contributed by atoms with van der Waals surface area (Å²) >= 11 is 0. The number of hydrogen-bond donors (Lipinski definition) is 1. The number of benzene rings is 4. The van der Waals surface area contributed by atoms with Crippen molar-refractivity contribution in [1.29, 1.82) is 0 Å². The third-order valence-corrected chi connectivity index (χ3v) is 5.29. The van der Waals surface area contributed by atoms with Gasteiger partial charge in [-0.15, -0.1) is 0 Å². The average Bonchev–Trinajstić information content (AvgIpc) is 2.84. The minimum absolute atomic E-state index is 0.136. The van der Waals surface area contributed by atoms with Crippen molar-refractivity contribution in [3.05, 3.63) is 108 Å². The first-order valence-electron chi connectivity index (χ1n) is 10.1. The van der Waals surface area contributed by atoms with Gasteiger partial charge in [0.2, 0.25) is 0 Å². The Bertz CT molecular complexity index is 1430. The van der Waals surface area contributed by atoms with Crippen LogP contribution in [0.2, 0.25) is 0 Å². The third kappa shape index (κ3) is 3.72. The number of aromatic nitrogens is 2. The number of rotatable bonds is 4. The molecule has 0 fully saturated rings. The van der Waals surface area contributed by atoms with Crippen molar-refractivity contribution >= 4 is 17.0 Å². The van der Waals surface area contributed by atoms with Crippen molar-refractivity contribution in [3.8, 4) is 33.6 Å². The van der Waals surface area contributed by atoms with Crippen LogP contribution in [0, 0.1) is 5.82 Å². The molecule has 0 aliphatic heterocycles. The summed E-state index contributed by atoms with van der Waals surface area (Å²) in [5, 5.41) is 9.32. The van der Waals surface area contributed by atoms with Crippen LogP contribution in [0.1, 0.15) is 10.4 Å². The fourth-order valence-electron chi connectivity index (χ4n) is 3.65. The SMILES string of the molecule is O=C(O)c1ccc2nc(-c3ccc(-c4ccccc4)cc3)c(-c3ccc(F)cc3)nc2c1. The molecule has 4 nitrogen and oxygen atoms in total. The first-order valence-corrected chi connectivity index (χ1v) is 10.1. The van der Waals surface area contributed by atoms with Gasteiger partial charge in [-0.05, 0) is 53.6 Å². The van der Waals surface area contributed by atoms with Gasteiger partial charge in [0.05, 0.1) is 28.0 Å². The molecule has 5 rings (SSSR count). The number of aromatic carboxylic acids is 1. The molecule has 1 aromatic heterocycles. The van der Waals surface area contributed by atoms with Gasteiger partial charge in [-0.1, -0.05) is 54.6 Å². The van der Waals surface area contributed by atoms with Crippen LogP contribution in [0.4, 0.5) is 4.39 Å². The molecule has 1 N–H and O–H groups in total. The smallest absolute Gasteiger partial charge is 0.335 e. The molecule has 0 spiro atoms. The Balaban J connectivity index is 1.68. The summed E-state index contributed by atoms with van der Waals surface area (Å²) in [5.74, 6) is -1.37. The molecule has 154 valence electrons. The molecular weight excluding hydrogens is 403 g/mol. The first-order chi connectivity index (χ1) is 15.6. The van der Waals surface area contributed by atoms with Crippen LogP contribution in [-0.2, 0) is 0 Å². The molecule has 5 aromatic rings. The summed E-state index contributed by atoms with van der Waals surface area (Å²) in [5.41, 5.74) is 6.15. The highest BCUT2D eigenvalue weighted by molar-refractivity contribution is 5.94. The number of carbonyl (C=O) groups is 1. The minimum atomic E-state index is -1.03. The fraction of sp³-hybridized carbons (Fsp3) is 0. The molecule has 32 heavy (non-hydrogen) atoms. The zero-order valence-electron chi connectivity index (χ0n) is 16.9. The van der Waals surface area contributed by atoms with Gasteiger partial charge in [-0.2, -0.15) is 0 Å². The lowest BCUT2D eigenvalue weighted by Gasteiger charge is -2.12. The first kappa shape index (κ1) is 19.6. The average molecular weight is 420 g/mol. The molecule has 0 unspecified atom stereocenters. The number of halogens is 1. The van der Waals surface area contributed by atoms with E-state index in [-0.39, 0.29) is 11.4 Å². The van der Waals surface area contributed by atoms with E-state index in [0.717, 1.165) is 16.7 Å². The van der Waals surface area contributed by atoms with Crippen molar-refractivity contribution in [2.24, 2.45) is 0 Å². The fourth-order valence-corrected chi connectivity index (χ4v) is 3.65. The molecule has 4 aromatic carbocycles. The van der Waals surface area contributed by atoms with Crippen LogP contribution < -0.4 is 0 Å². The Labute approximate surface area is 183 Å². The Morgan fingerprint density at radius 1 is 0.625 bits per heavy atom. The van der Waals surface area contributed by atoms with Crippen LogP contribution in [-0.4, -0.2) is 21.0 Å². The van der Waals surface area contributed by atoms with Crippen molar-refractivity contribution < 1.29 is 14.3 Å². The lowest BCUT2D eigenvalue weighted by atomic mass is 10.00. The largest absolute Gasteiger partial charge is 0.478 e. The maximum Gasteiger partial charge on any atom is 0.335 e. The summed E-state index contributed by atoms with van der Waals surface area (Å²) in [6, 6.07) is 28.8. The Kier molecular flexibility index (Phi) is 4.92. The molecular formula is C27H17FN2O2. The zero-order chi connectivity index (χ0) is 22.1. The maximum absolute atomic E-state index is 13.5. The highest BCUT2D eigenvalue weighted by Crippen LogP contribution is 2.32. The van der Waals surface area contributed by atoms with E-state index in [1.54, 1.807) is 18.2 Å². The highest BCUT2D eigenvalue weighted by atomic mass is 19.1. The van der Waals surface area contributed by atoms with E-state index in [2.05, 4.69) is 12.1 Å². The lowest BCUT2D eigenvalue weighted by molar-refractivity contribution is 0.0697. The van der Waals surface area contributed by atoms with E-state index in [4.69, 9.17) is 9.97 Å². The van der Waals surface area contributed by atoms with E-state index < -0.39 is 5.97 Å². The zero-order valence-corrected chi connectivity index (χ0v) is 16.9. The molecule has 0 saturated heterocycles. The summed E-state index contributed by atoms with van der Waals surface area (Å²) < 4.78 is 13.5. The van der Waals surface area contributed by atoms with Crippen LogP contribution >= 0.6 is 0 Å². The standard InChI is InChI=1S/C27H17FN2O2/c28-22-13-10-20(11-14-22)26-25(29-23-15-12-21(27(31)32)16-24(23)30-26)19-8-6-18(7-9-19)17-4-2-1-3-5-17/h1-16H,(H,31,32). The van der Waals surface area contributed by atoms with Crippen molar-refractivity contribution in [1.82, 2.24) is 9.97 Å². The van der Waals surface area contributed by atoms with Gasteiger partial charge in [0, 0.05) is 11.1 Å². The number of fused-ring (bicyclic) bond motifs is 1. The van der Waals surface area contributed by atoms with Gasteiger partial charge < -0.3 is 5.11 Å². The van der Waals surface area contributed by atoms with E-state index in [1.807, 2.05) is 42.5 Å². The second kappa shape index (κ2) is 8.04. The van der Waals surface area contributed by atoms with E-state index in [1.165, 1.54) is 24.3 Å². The summed E-state index contributed by atoms with van der Waals surface area (Å²) in [6.45, 7) is 0. The molecule has 0 bridgehead atoms. The topological polar surface area (TPSA) is 63.1 Å². The molecule has 0 radical (unpaired) electrons. The molecule has 0 amide bonds. The van der Waals surface area contributed by atoms with Gasteiger partial charge in [0.15, 0.2) is 0 Å². The van der Waals surface area contributed by atoms with Crippen LogP contribution in [0.15, 0.2) is 97.1 Å². The maximum atomic E-state index is 13.5. The highest BCUT2D eigenvalue weighted by Gasteiger charge is 2.15. The Morgan fingerprint density at radius 3 is 1.78 bits per heavy atom. The molecule has 0 aliphatic rings. The van der Waals surface area contributed by atoms with E-state index in [0.29, 0.717) is 28.0 Å². The van der Waals surface area contributed by atoms with Crippen LogP contribution in [0.5, 0.6) is 0 Å².